The van der Waals surface area contributed by atoms with Gasteiger partial charge >= 0.3 is 5.97 Å². The van der Waals surface area contributed by atoms with Gasteiger partial charge in [-0.3, -0.25) is 19.2 Å². The Morgan fingerprint density at radius 2 is 1.66 bits per heavy atom. The van der Waals surface area contributed by atoms with Crippen LogP contribution in [-0.2, 0) is 30.4 Å². The Bertz CT molecular complexity index is 1080. The van der Waals surface area contributed by atoms with Gasteiger partial charge in [-0.2, -0.15) is 0 Å². The predicted octanol–water partition coefficient (Wildman–Crippen LogP) is -0.870. The highest BCUT2D eigenvalue weighted by atomic mass is 16.4. The van der Waals surface area contributed by atoms with Gasteiger partial charge in [0.15, 0.2) is 0 Å². The molecule has 9 N–H and O–H groups in total. The third-order valence-electron chi connectivity index (χ3n) is 5.48. The molecule has 3 atom stereocenters. The molecule has 2 rings (SSSR count). The van der Waals surface area contributed by atoms with Crippen molar-refractivity contribution in [3.8, 4) is 0 Å². The number of nitrogens with two attached hydrogens (primary N) is 2. The second-order valence-corrected chi connectivity index (χ2v) is 8.52. The number of fused-ring (bicyclic) bond motifs is 1. The van der Waals surface area contributed by atoms with Gasteiger partial charge in [-0.15, -0.1) is 0 Å². The number of aliphatic carboxylic acids is 1. The maximum Gasteiger partial charge on any atom is 0.326 e. The van der Waals surface area contributed by atoms with E-state index in [2.05, 4.69) is 20.9 Å². The number of nitrogens with one attached hydrogen (secondary N) is 4. The van der Waals surface area contributed by atoms with E-state index in [9.17, 15) is 29.1 Å². The van der Waals surface area contributed by atoms with Crippen molar-refractivity contribution in [2.24, 2.45) is 17.4 Å². The van der Waals surface area contributed by atoms with Crippen molar-refractivity contribution in [3.63, 3.8) is 0 Å². The molecule has 0 spiro atoms. The molecule has 0 aliphatic rings. The van der Waals surface area contributed by atoms with Gasteiger partial charge in [0, 0.05) is 29.9 Å². The molecule has 3 unspecified atom stereocenters. The van der Waals surface area contributed by atoms with Gasteiger partial charge in [0.2, 0.25) is 23.6 Å². The van der Waals surface area contributed by atoms with Crippen LogP contribution in [0.15, 0.2) is 30.5 Å². The summed E-state index contributed by atoms with van der Waals surface area (Å²) in [5, 5.41) is 17.8. The first-order valence-corrected chi connectivity index (χ1v) is 11.2. The molecule has 35 heavy (non-hydrogen) atoms. The van der Waals surface area contributed by atoms with Gasteiger partial charge in [0.25, 0.3) is 0 Å². The predicted molar refractivity (Wildman–Crippen MR) is 128 cm³/mol. The average molecular weight is 489 g/mol. The fourth-order valence-corrected chi connectivity index (χ4v) is 3.57. The zero-order valence-corrected chi connectivity index (χ0v) is 19.7. The minimum Gasteiger partial charge on any atom is -0.480 e. The lowest BCUT2D eigenvalue weighted by atomic mass is 10.00. The molecule has 0 radical (unpaired) electrons. The summed E-state index contributed by atoms with van der Waals surface area (Å²) < 4.78 is 0. The van der Waals surface area contributed by atoms with Crippen molar-refractivity contribution in [2.45, 2.75) is 51.2 Å². The van der Waals surface area contributed by atoms with Gasteiger partial charge in [0.05, 0.1) is 6.54 Å². The summed E-state index contributed by atoms with van der Waals surface area (Å²) in [7, 11) is 0. The summed E-state index contributed by atoms with van der Waals surface area (Å²) in [6.07, 6.45) is 1.30. The SMILES string of the molecule is CC(C)C(NC(=O)CN)C(=O)NC(Cc1c[nH]c2ccccc12)C(=O)NC(CCC(N)=O)C(=O)O. The molecule has 0 saturated heterocycles. The summed E-state index contributed by atoms with van der Waals surface area (Å²) in [6, 6.07) is 3.86. The van der Waals surface area contributed by atoms with Gasteiger partial charge in [-0.1, -0.05) is 32.0 Å². The number of carboxylic acid groups (broad SMARTS) is 1. The quantitative estimate of drug-likeness (QED) is 0.189. The maximum absolute atomic E-state index is 13.1. The summed E-state index contributed by atoms with van der Waals surface area (Å²) in [6.45, 7) is 3.13. The first kappa shape index (κ1) is 27.3. The Balaban J connectivity index is 2.31. The van der Waals surface area contributed by atoms with Crippen LogP contribution in [0.1, 0.15) is 32.3 Å². The number of hydrogen-bond acceptors (Lipinski definition) is 6. The van der Waals surface area contributed by atoms with E-state index in [1.165, 1.54) is 0 Å². The molecule has 12 heteroatoms. The first-order valence-electron chi connectivity index (χ1n) is 11.2. The van der Waals surface area contributed by atoms with Crippen molar-refractivity contribution >= 4 is 40.5 Å². The van der Waals surface area contributed by atoms with Crippen LogP contribution in [-0.4, -0.2) is 64.4 Å². The van der Waals surface area contributed by atoms with Crippen LogP contribution in [0.2, 0.25) is 0 Å². The van der Waals surface area contributed by atoms with Crippen molar-refractivity contribution < 1.29 is 29.1 Å². The van der Waals surface area contributed by atoms with Gasteiger partial charge in [-0.25, -0.2) is 4.79 Å². The second-order valence-electron chi connectivity index (χ2n) is 8.52. The molecular weight excluding hydrogens is 456 g/mol. The third-order valence-corrected chi connectivity index (χ3v) is 5.48. The van der Waals surface area contributed by atoms with Gasteiger partial charge in [-0.05, 0) is 24.0 Å². The van der Waals surface area contributed by atoms with Gasteiger partial charge < -0.3 is 37.5 Å². The number of amides is 4. The number of carbonyl (C=O) groups is 5. The molecule has 1 aromatic heterocycles. The minimum absolute atomic E-state index is 0.0411. The molecule has 4 amide bonds. The summed E-state index contributed by atoms with van der Waals surface area (Å²) in [4.78, 5) is 63.8. The van der Waals surface area contributed by atoms with Crippen LogP contribution in [0, 0.1) is 5.92 Å². The highest BCUT2D eigenvalue weighted by Crippen LogP contribution is 2.19. The van der Waals surface area contributed by atoms with E-state index in [1.54, 1.807) is 20.0 Å². The number of carboxylic acids is 1. The number of H-pyrrole nitrogens is 1. The largest absolute Gasteiger partial charge is 0.480 e. The number of aromatic amines is 1. The number of aromatic nitrogens is 1. The molecule has 190 valence electrons. The van der Waals surface area contributed by atoms with Gasteiger partial charge in [0.1, 0.15) is 18.1 Å². The number of primary amides is 1. The first-order chi connectivity index (χ1) is 16.5. The lowest BCUT2D eigenvalue weighted by molar-refractivity contribution is -0.142. The normalized spacial score (nSPS) is 13.6. The van der Waals surface area contributed by atoms with E-state index >= 15 is 0 Å². The molecule has 1 heterocycles. The van der Waals surface area contributed by atoms with E-state index in [0.717, 1.165) is 16.5 Å². The smallest absolute Gasteiger partial charge is 0.326 e. The molecule has 0 aliphatic heterocycles. The molecule has 0 fully saturated rings. The lowest BCUT2D eigenvalue weighted by Crippen LogP contribution is -2.58. The monoisotopic (exact) mass is 488 g/mol. The second kappa shape index (κ2) is 12.5. The Labute approximate surface area is 202 Å². The van der Waals surface area contributed by atoms with Crippen molar-refractivity contribution in [2.75, 3.05) is 6.54 Å². The van der Waals surface area contributed by atoms with Crippen LogP contribution in [0.25, 0.3) is 10.9 Å². The van der Waals surface area contributed by atoms with Crippen molar-refractivity contribution in [1.29, 1.82) is 0 Å². The molecule has 0 bridgehead atoms. The molecule has 1 aromatic carbocycles. The van der Waals surface area contributed by atoms with Crippen LogP contribution in [0.5, 0.6) is 0 Å². The Morgan fingerprint density at radius 1 is 1.00 bits per heavy atom. The fourth-order valence-electron chi connectivity index (χ4n) is 3.57. The molecule has 2 aromatic rings. The standard InChI is InChI=1S/C23H32N6O6/c1-12(2)20(29-19(31)10-24)22(33)28-17(9-13-11-26-15-6-4-3-5-14(13)15)21(32)27-16(23(34)35)7-8-18(25)30/h3-6,11-12,16-17,20,26H,7-10,24H2,1-2H3,(H2,25,30)(H,27,32)(H,28,33)(H,29,31)(H,34,35). The highest BCUT2D eigenvalue weighted by Gasteiger charge is 2.31. The van der Waals surface area contributed by atoms with Crippen molar-refractivity contribution in [1.82, 2.24) is 20.9 Å². The van der Waals surface area contributed by atoms with Crippen LogP contribution in [0.3, 0.4) is 0 Å². The van der Waals surface area contributed by atoms with Crippen LogP contribution < -0.4 is 27.4 Å². The summed E-state index contributed by atoms with van der Waals surface area (Å²) in [5.41, 5.74) is 12.0. The minimum atomic E-state index is -1.38. The zero-order chi connectivity index (χ0) is 26.1. The van der Waals surface area contributed by atoms with E-state index < -0.39 is 47.7 Å². The molecule has 0 saturated carbocycles. The number of para-hydroxylation sites is 1. The summed E-state index contributed by atoms with van der Waals surface area (Å²) in [5.74, 6) is -4.27. The lowest BCUT2D eigenvalue weighted by Gasteiger charge is -2.26. The topological polar surface area (TPSA) is 209 Å². The molecular formula is C23H32N6O6. The molecule has 0 aliphatic carbocycles. The Morgan fingerprint density at radius 3 is 2.26 bits per heavy atom. The maximum atomic E-state index is 13.1. The number of hydrogen-bond donors (Lipinski definition) is 7. The summed E-state index contributed by atoms with van der Waals surface area (Å²) >= 11 is 0. The van der Waals surface area contributed by atoms with Crippen molar-refractivity contribution in [3.05, 3.63) is 36.0 Å². The number of carbonyl (C=O) groups excluding carboxylic acids is 4. The Kier molecular flexibility index (Phi) is 9.76. The average Bonchev–Trinajstić information content (AvgIpc) is 3.21. The fraction of sp³-hybridized carbons (Fsp3) is 0.435. The zero-order valence-electron chi connectivity index (χ0n) is 19.7. The third kappa shape index (κ3) is 7.81. The van der Waals surface area contributed by atoms with E-state index in [-0.39, 0.29) is 31.7 Å². The number of rotatable bonds is 13. The Hall–Kier alpha value is -3.93. The van der Waals surface area contributed by atoms with E-state index in [0.29, 0.717) is 0 Å². The van der Waals surface area contributed by atoms with Crippen LogP contribution >= 0.6 is 0 Å². The van der Waals surface area contributed by atoms with Crippen LogP contribution in [0.4, 0.5) is 0 Å². The highest BCUT2D eigenvalue weighted by molar-refractivity contribution is 5.94. The molecule has 12 nitrogen and oxygen atoms in total. The van der Waals surface area contributed by atoms with E-state index in [4.69, 9.17) is 11.5 Å². The van der Waals surface area contributed by atoms with E-state index in [1.807, 2.05) is 24.3 Å². The number of benzene rings is 1.